The number of hydrogen-bond acceptors (Lipinski definition) is 5. The van der Waals surface area contributed by atoms with Gasteiger partial charge in [-0.1, -0.05) is 32.5 Å². The van der Waals surface area contributed by atoms with Crippen molar-refractivity contribution in [1.82, 2.24) is 25.0 Å². The van der Waals surface area contributed by atoms with Crippen LogP contribution in [0.4, 0.5) is 0 Å². The van der Waals surface area contributed by atoms with E-state index in [0.717, 1.165) is 38.2 Å². The van der Waals surface area contributed by atoms with E-state index in [-0.39, 0.29) is 5.91 Å². The van der Waals surface area contributed by atoms with Crippen molar-refractivity contribution in [2.75, 3.05) is 31.9 Å². The number of carbonyl (C=O) groups is 1. The van der Waals surface area contributed by atoms with Crippen LogP contribution in [0.1, 0.15) is 52.3 Å². The van der Waals surface area contributed by atoms with Crippen LogP contribution in [-0.2, 0) is 11.2 Å². The van der Waals surface area contributed by atoms with Gasteiger partial charge in [0.25, 0.3) is 0 Å². The van der Waals surface area contributed by atoms with Gasteiger partial charge in [-0.2, -0.15) is 0 Å². The Balaban J connectivity index is 1.75. The van der Waals surface area contributed by atoms with Crippen molar-refractivity contribution >= 4 is 17.7 Å². The molecule has 1 N–H and O–H groups in total. The molecule has 1 aliphatic heterocycles. The summed E-state index contributed by atoms with van der Waals surface area (Å²) in [6.45, 7) is 10.6. The largest absolute Gasteiger partial charge is 0.342 e. The Labute approximate surface area is 149 Å². The van der Waals surface area contributed by atoms with Gasteiger partial charge in [-0.15, -0.1) is 5.10 Å². The molecule has 1 amide bonds. The number of amides is 1. The Kier molecular flexibility index (Phi) is 8.05. The van der Waals surface area contributed by atoms with E-state index in [4.69, 9.17) is 0 Å². The molecule has 0 bridgehead atoms. The van der Waals surface area contributed by atoms with Gasteiger partial charge in [0.2, 0.25) is 11.1 Å². The topological polar surface area (TPSA) is 65.1 Å². The molecule has 0 aromatic carbocycles. The zero-order valence-electron chi connectivity index (χ0n) is 15.3. The number of aryl methyl sites for hydroxylation is 1. The van der Waals surface area contributed by atoms with Crippen LogP contribution in [0.5, 0.6) is 0 Å². The van der Waals surface area contributed by atoms with Crippen molar-refractivity contribution in [2.24, 2.45) is 0 Å². The van der Waals surface area contributed by atoms with E-state index in [2.05, 4.69) is 33.9 Å². The summed E-state index contributed by atoms with van der Waals surface area (Å²) in [6, 6.07) is 0.640. The minimum Gasteiger partial charge on any atom is -0.342 e. The van der Waals surface area contributed by atoms with E-state index in [1.165, 1.54) is 37.7 Å². The summed E-state index contributed by atoms with van der Waals surface area (Å²) in [4.78, 5) is 21.4. The Hall–Kier alpha value is -1.08. The highest BCUT2D eigenvalue weighted by molar-refractivity contribution is 7.99. The SMILES string of the molecule is CCCN(CCC)C1CCN(C(=O)CSc2n[nH]c(CC)n2)CC1. The van der Waals surface area contributed by atoms with Crippen LogP contribution in [0.2, 0.25) is 0 Å². The van der Waals surface area contributed by atoms with Crippen LogP contribution in [0, 0.1) is 0 Å². The minimum atomic E-state index is 0.207. The molecule has 6 nitrogen and oxygen atoms in total. The first kappa shape index (κ1) is 19.2. The number of hydrogen-bond donors (Lipinski definition) is 1. The fraction of sp³-hybridized carbons (Fsp3) is 0.824. The van der Waals surface area contributed by atoms with Gasteiger partial charge in [0.05, 0.1) is 5.75 Å². The highest BCUT2D eigenvalue weighted by Gasteiger charge is 2.26. The summed E-state index contributed by atoms with van der Waals surface area (Å²) in [7, 11) is 0. The fourth-order valence-electron chi connectivity index (χ4n) is 3.25. The molecule has 1 aromatic heterocycles. The molecule has 0 radical (unpaired) electrons. The van der Waals surface area contributed by atoms with Crippen molar-refractivity contribution in [3.05, 3.63) is 5.82 Å². The van der Waals surface area contributed by atoms with Gasteiger partial charge in [-0.05, 0) is 38.8 Å². The molecule has 0 spiro atoms. The molecule has 1 aliphatic rings. The number of nitrogens with zero attached hydrogens (tertiary/aromatic N) is 4. The van der Waals surface area contributed by atoms with E-state index < -0.39 is 0 Å². The van der Waals surface area contributed by atoms with Crippen LogP contribution < -0.4 is 0 Å². The van der Waals surface area contributed by atoms with Crippen molar-refractivity contribution in [2.45, 2.75) is 64.1 Å². The molecule has 7 heteroatoms. The normalized spacial score (nSPS) is 16.1. The summed E-state index contributed by atoms with van der Waals surface area (Å²) >= 11 is 1.43. The molecular formula is C17H31N5OS. The van der Waals surface area contributed by atoms with Gasteiger partial charge in [0.15, 0.2) is 0 Å². The molecule has 136 valence electrons. The van der Waals surface area contributed by atoms with E-state index in [9.17, 15) is 4.79 Å². The number of aromatic nitrogens is 3. The molecule has 1 saturated heterocycles. The average Bonchev–Trinajstić information content (AvgIpc) is 3.08. The summed E-state index contributed by atoms with van der Waals surface area (Å²) in [6.07, 6.45) is 5.42. The van der Waals surface area contributed by atoms with Crippen molar-refractivity contribution in [3.63, 3.8) is 0 Å². The van der Waals surface area contributed by atoms with Gasteiger partial charge in [0.1, 0.15) is 5.82 Å². The summed E-state index contributed by atoms with van der Waals surface area (Å²) in [5.74, 6) is 1.51. The van der Waals surface area contributed by atoms with Crippen LogP contribution in [0.15, 0.2) is 5.16 Å². The number of carbonyl (C=O) groups excluding carboxylic acids is 1. The molecule has 24 heavy (non-hydrogen) atoms. The quantitative estimate of drug-likeness (QED) is 0.691. The lowest BCUT2D eigenvalue weighted by Crippen LogP contribution is -2.47. The second-order valence-electron chi connectivity index (χ2n) is 6.35. The molecule has 1 aromatic rings. The summed E-state index contributed by atoms with van der Waals surface area (Å²) in [5.41, 5.74) is 0. The highest BCUT2D eigenvalue weighted by atomic mass is 32.2. The highest BCUT2D eigenvalue weighted by Crippen LogP contribution is 2.19. The molecule has 2 rings (SSSR count). The number of aromatic amines is 1. The predicted octanol–water partition coefficient (Wildman–Crippen LogP) is 2.57. The second-order valence-corrected chi connectivity index (χ2v) is 7.30. The van der Waals surface area contributed by atoms with E-state index in [1.54, 1.807) is 0 Å². The zero-order valence-corrected chi connectivity index (χ0v) is 16.1. The second kappa shape index (κ2) is 10.0. The van der Waals surface area contributed by atoms with Crippen LogP contribution >= 0.6 is 11.8 Å². The van der Waals surface area contributed by atoms with E-state index in [0.29, 0.717) is 17.0 Å². The number of nitrogens with one attached hydrogen (secondary N) is 1. The molecule has 1 fully saturated rings. The first-order valence-corrected chi connectivity index (χ1v) is 10.2. The summed E-state index contributed by atoms with van der Waals surface area (Å²) in [5, 5.41) is 7.69. The lowest BCUT2D eigenvalue weighted by Gasteiger charge is -2.38. The Morgan fingerprint density at radius 3 is 2.46 bits per heavy atom. The average molecular weight is 354 g/mol. The molecule has 0 saturated carbocycles. The first-order valence-electron chi connectivity index (χ1n) is 9.23. The van der Waals surface area contributed by atoms with Gasteiger partial charge in [-0.25, -0.2) is 4.98 Å². The molecule has 0 unspecified atom stereocenters. The zero-order chi connectivity index (χ0) is 17.4. The number of H-pyrrole nitrogens is 1. The third kappa shape index (κ3) is 5.48. The lowest BCUT2D eigenvalue weighted by molar-refractivity contribution is -0.129. The molecule has 0 aliphatic carbocycles. The number of thioether (sulfide) groups is 1. The Morgan fingerprint density at radius 1 is 1.25 bits per heavy atom. The van der Waals surface area contributed by atoms with Gasteiger partial charge in [-0.3, -0.25) is 9.89 Å². The molecule has 0 atom stereocenters. The Bertz CT molecular complexity index is 493. The third-order valence-corrected chi connectivity index (χ3v) is 5.36. The van der Waals surface area contributed by atoms with Crippen molar-refractivity contribution < 1.29 is 4.79 Å². The number of piperidine rings is 1. The van der Waals surface area contributed by atoms with Gasteiger partial charge < -0.3 is 9.80 Å². The number of rotatable bonds is 9. The maximum atomic E-state index is 12.4. The standard InChI is InChI=1S/C17H31N5OS/c1-4-9-21(10-5-2)14-7-11-22(12-8-14)16(23)13-24-17-18-15(6-3)19-20-17/h14H,4-13H2,1-3H3,(H,18,19,20). The van der Waals surface area contributed by atoms with Crippen LogP contribution in [0.3, 0.4) is 0 Å². The maximum Gasteiger partial charge on any atom is 0.233 e. The van der Waals surface area contributed by atoms with Gasteiger partial charge in [0, 0.05) is 25.6 Å². The Morgan fingerprint density at radius 2 is 1.92 bits per heavy atom. The lowest BCUT2D eigenvalue weighted by atomic mass is 10.0. The summed E-state index contributed by atoms with van der Waals surface area (Å²) < 4.78 is 0. The monoisotopic (exact) mass is 353 g/mol. The van der Waals surface area contributed by atoms with Crippen molar-refractivity contribution in [3.8, 4) is 0 Å². The molecular weight excluding hydrogens is 322 g/mol. The van der Waals surface area contributed by atoms with E-state index in [1.807, 2.05) is 11.8 Å². The smallest absolute Gasteiger partial charge is 0.233 e. The third-order valence-electron chi connectivity index (χ3n) is 4.53. The number of likely N-dealkylation sites (tertiary alicyclic amines) is 1. The first-order chi connectivity index (χ1) is 11.7. The minimum absolute atomic E-state index is 0.207. The van der Waals surface area contributed by atoms with Crippen LogP contribution in [-0.4, -0.2) is 68.9 Å². The maximum absolute atomic E-state index is 12.4. The van der Waals surface area contributed by atoms with Crippen LogP contribution in [0.25, 0.3) is 0 Å². The van der Waals surface area contributed by atoms with E-state index >= 15 is 0 Å². The van der Waals surface area contributed by atoms with Gasteiger partial charge >= 0.3 is 0 Å². The molecule has 2 heterocycles. The van der Waals surface area contributed by atoms with Crippen molar-refractivity contribution in [1.29, 1.82) is 0 Å². The fourth-order valence-corrected chi connectivity index (χ4v) is 3.97. The predicted molar refractivity (Wildman–Crippen MR) is 98.2 cm³/mol.